The molecule has 0 radical (unpaired) electrons. The van der Waals surface area contributed by atoms with E-state index in [1.54, 1.807) is 17.8 Å². The molecule has 1 aromatic rings. The summed E-state index contributed by atoms with van der Waals surface area (Å²) in [4.78, 5) is 13.2. The van der Waals surface area contributed by atoms with E-state index in [9.17, 15) is 4.79 Å². The SMILES string of the molecule is CCCC(Sc1ccccc1)/C(C)=C\C(=O)OC(C)(C)C. The fourth-order valence-corrected chi connectivity index (χ4v) is 3.17. The molecule has 1 aromatic carbocycles. The number of ether oxygens (including phenoxy) is 1. The summed E-state index contributed by atoms with van der Waals surface area (Å²) in [5, 5.41) is 0.310. The molecule has 0 aliphatic heterocycles. The first-order chi connectivity index (χ1) is 9.81. The molecular formula is C18H26O2S. The van der Waals surface area contributed by atoms with Crippen molar-refractivity contribution in [3.05, 3.63) is 42.0 Å². The maximum Gasteiger partial charge on any atom is 0.331 e. The molecule has 0 saturated carbocycles. The van der Waals surface area contributed by atoms with Gasteiger partial charge in [-0.05, 0) is 46.2 Å². The van der Waals surface area contributed by atoms with Crippen molar-refractivity contribution in [2.45, 2.75) is 63.2 Å². The first-order valence-corrected chi connectivity index (χ1v) is 8.32. The van der Waals surface area contributed by atoms with Crippen molar-refractivity contribution >= 4 is 17.7 Å². The molecule has 3 heteroatoms. The number of thioether (sulfide) groups is 1. The van der Waals surface area contributed by atoms with E-state index in [4.69, 9.17) is 4.74 Å². The Morgan fingerprint density at radius 3 is 2.43 bits per heavy atom. The van der Waals surface area contributed by atoms with E-state index < -0.39 is 5.60 Å². The summed E-state index contributed by atoms with van der Waals surface area (Å²) < 4.78 is 5.36. The van der Waals surface area contributed by atoms with Crippen LogP contribution in [-0.4, -0.2) is 16.8 Å². The number of hydrogen-bond acceptors (Lipinski definition) is 3. The van der Waals surface area contributed by atoms with Gasteiger partial charge in [-0.2, -0.15) is 0 Å². The lowest BCUT2D eigenvalue weighted by molar-refractivity contribution is -0.148. The average molecular weight is 306 g/mol. The number of carbonyl (C=O) groups is 1. The van der Waals surface area contributed by atoms with Crippen LogP contribution < -0.4 is 0 Å². The average Bonchev–Trinajstić information content (AvgIpc) is 2.37. The summed E-state index contributed by atoms with van der Waals surface area (Å²) in [6.45, 7) is 9.84. The number of hydrogen-bond donors (Lipinski definition) is 0. The van der Waals surface area contributed by atoms with Gasteiger partial charge in [-0.15, -0.1) is 11.8 Å². The van der Waals surface area contributed by atoms with Crippen molar-refractivity contribution < 1.29 is 9.53 Å². The van der Waals surface area contributed by atoms with E-state index in [-0.39, 0.29) is 5.97 Å². The largest absolute Gasteiger partial charge is 0.457 e. The minimum absolute atomic E-state index is 0.255. The van der Waals surface area contributed by atoms with Crippen LogP contribution in [-0.2, 0) is 9.53 Å². The molecule has 2 nitrogen and oxygen atoms in total. The predicted octanol–water partition coefficient (Wildman–Crippen LogP) is 5.24. The first kappa shape index (κ1) is 17.8. The first-order valence-electron chi connectivity index (χ1n) is 7.44. The molecule has 0 spiro atoms. The highest BCUT2D eigenvalue weighted by molar-refractivity contribution is 8.00. The smallest absolute Gasteiger partial charge is 0.331 e. The van der Waals surface area contributed by atoms with Crippen molar-refractivity contribution in [3.8, 4) is 0 Å². The third-order valence-electron chi connectivity index (χ3n) is 2.83. The maximum absolute atomic E-state index is 11.9. The third kappa shape index (κ3) is 7.37. The van der Waals surface area contributed by atoms with Crippen molar-refractivity contribution in [1.29, 1.82) is 0 Å². The monoisotopic (exact) mass is 306 g/mol. The molecule has 0 N–H and O–H groups in total. The summed E-state index contributed by atoms with van der Waals surface area (Å²) >= 11 is 1.81. The molecule has 21 heavy (non-hydrogen) atoms. The summed E-state index contributed by atoms with van der Waals surface area (Å²) in [7, 11) is 0. The molecule has 0 bridgehead atoms. The van der Waals surface area contributed by atoms with Crippen LogP contribution >= 0.6 is 11.8 Å². The van der Waals surface area contributed by atoms with Gasteiger partial charge < -0.3 is 4.74 Å². The number of carbonyl (C=O) groups excluding carboxylic acids is 1. The highest BCUT2D eigenvalue weighted by Crippen LogP contribution is 2.31. The van der Waals surface area contributed by atoms with Gasteiger partial charge in [0.1, 0.15) is 5.60 Å². The molecule has 0 aliphatic carbocycles. The van der Waals surface area contributed by atoms with Crippen LogP contribution in [0.2, 0.25) is 0 Å². The zero-order valence-electron chi connectivity index (χ0n) is 13.7. The molecule has 1 rings (SSSR count). The third-order valence-corrected chi connectivity index (χ3v) is 4.27. The van der Waals surface area contributed by atoms with Crippen LogP contribution in [0.5, 0.6) is 0 Å². The van der Waals surface area contributed by atoms with E-state index in [1.165, 1.54) is 4.90 Å². The molecule has 0 fully saturated rings. The van der Waals surface area contributed by atoms with Crippen LogP contribution in [0.4, 0.5) is 0 Å². The quantitative estimate of drug-likeness (QED) is 0.408. The van der Waals surface area contributed by atoms with Gasteiger partial charge in [0.25, 0.3) is 0 Å². The molecule has 1 atom stereocenters. The predicted molar refractivity (Wildman–Crippen MR) is 90.6 cm³/mol. The zero-order chi connectivity index (χ0) is 15.9. The second kappa shape index (κ2) is 8.28. The van der Waals surface area contributed by atoms with E-state index in [1.807, 2.05) is 45.9 Å². The molecule has 0 heterocycles. The Morgan fingerprint density at radius 2 is 1.90 bits per heavy atom. The minimum atomic E-state index is -0.444. The normalized spacial score (nSPS) is 13.9. The van der Waals surface area contributed by atoms with E-state index in [0.717, 1.165) is 18.4 Å². The van der Waals surface area contributed by atoms with E-state index in [0.29, 0.717) is 5.25 Å². The van der Waals surface area contributed by atoms with E-state index >= 15 is 0 Å². The number of esters is 1. The highest BCUT2D eigenvalue weighted by Gasteiger charge is 2.17. The van der Waals surface area contributed by atoms with Crippen molar-refractivity contribution in [2.75, 3.05) is 0 Å². The number of benzene rings is 1. The molecular weight excluding hydrogens is 280 g/mol. The van der Waals surface area contributed by atoms with Crippen molar-refractivity contribution in [1.82, 2.24) is 0 Å². The minimum Gasteiger partial charge on any atom is -0.457 e. The summed E-state index contributed by atoms with van der Waals surface area (Å²) in [5.41, 5.74) is 0.626. The van der Waals surface area contributed by atoms with Gasteiger partial charge in [0.15, 0.2) is 0 Å². The molecule has 116 valence electrons. The Morgan fingerprint density at radius 1 is 1.29 bits per heavy atom. The Hall–Kier alpha value is -1.22. The maximum atomic E-state index is 11.9. The fourth-order valence-electron chi connectivity index (χ4n) is 1.92. The van der Waals surface area contributed by atoms with Crippen LogP contribution in [0.15, 0.2) is 46.9 Å². The lowest BCUT2D eigenvalue weighted by atomic mass is 10.1. The standard InChI is InChI=1S/C18H26O2S/c1-6-10-16(21-15-11-8-7-9-12-15)14(2)13-17(19)20-18(3,4)5/h7-9,11-13,16H,6,10H2,1-5H3/b14-13-. The van der Waals surface area contributed by atoms with Crippen molar-refractivity contribution in [2.24, 2.45) is 0 Å². The van der Waals surface area contributed by atoms with Crippen LogP contribution in [0.25, 0.3) is 0 Å². The summed E-state index contributed by atoms with van der Waals surface area (Å²) in [6.07, 6.45) is 3.77. The van der Waals surface area contributed by atoms with Crippen LogP contribution in [0, 0.1) is 0 Å². The number of rotatable bonds is 6. The van der Waals surface area contributed by atoms with Gasteiger partial charge in [0.05, 0.1) is 0 Å². The Balaban J connectivity index is 2.77. The Bertz CT molecular complexity index is 472. The summed E-state index contributed by atoms with van der Waals surface area (Å²) in [5.74, 6) is -0.255. The molecule has 1 unspecified atom stereocenters. The lowest BCUT2D eigenvalue weighted by Gasteiger charge is -2.20. The van der Waals surface area contributed by atoms with Crippen LogP contribution in [0.1, 0.15) is 47.5 Å². The second-order valence-corrected chi connectivity index (χ2v) is 7.41. The van der Waals surface area contributed by atoms with Crippen molar-refractivity contribution in [3.63, 3.8) is 0 Å². The van der Waals surface area contributed by atoms with E-state index in [2.05, 4.69) is 19.1 Å². The molecule has 0 aliphatic rings. The van der Waals surface area contributed by atoms with Gasteiger partial charge in [-0.25, -0.2) is 4.79 Å². The van der Waals surface area contributed by atoms with Gasteiger partial charge in [-0.1, -0.05) is 37.1 Å². The van der Waals surface area contributed by atoms with Gasteiger partial charge in [0, 0.05) is 16.2 Å². The summed E-state index contributed by atoms with van der Waals surface area (Å²) in [6, 6.07) is 10.3. The second-order valence-electron chi connectivity index (χ2n) is 6.13. The Kier molecular flexibility index (Phi) is 7.03. The van der Waals surface area contributed by atoms with Gasteiger partial charge in [-0.3, -0.25) is 0 Å². The molecule has 0 saturated heterocycles. The topological polar surface area (TPSA) is 26.3 Å². The molecule has 0 aromatic heterocycles. The zero-order valence-corrected chi connectivity index (χ0v) is 14.5. The van der Waals surface area contributed by atoms with Gasteiger partial charge in [0.2, 0.25) is 0 Å². The fraction of sp³-hybridized carbons (Fsp3) is 0.500. The molecule has 0 amide bonds. The van der Waals surface area contributed by atoms with Crippen LogP contribution in [0.3, 0.4) is 0 Å². The Labute approximate surface area is 133 Å². The lowest BCUT2D eigenvalue weighted by Crippen LogP contribution is -2.23. The van der Waals surface area contributed by atoms with Gasteiger partial charge >= 0.3 is 5.97 Å². The highest BCUT2D eigenvalue weighted by atomic mass is 32.2.